The number of hydrogen-bond acceptors (Lipinski definition) is 4. The Morgan fingerprint density at radius 1 is 0.933 bits per heavy atom. The molecule has 3 N–H and O–H groups in total. The summed E-state index contributed by atoms with van der Waals surface area (Å²) in [5.41, 5.74) is 1.58. The van der Waals surface area contributed by atoms with E-state index < -0.39 is 24.0 Å². The second-order valence-corrected chi connectivity index (χ2v) is 8.37. The molecule has 0 unspecified atom stereocenters. The van der Waals surface area contributed by atoms with Gasteiger partial charge in [0.25, 0.3) is 0 Å². The molecule has 162 valence electrons. The minimum absolute atomic E-state index is 0.124. The van der Waals surface area contributed by atoms with Crippen LogP contribution in [-0.4, -0.2) is 34.2 Å². The molecule has 6 nitrogen and oxygen atoms in total. The Bertz CT molecular complexity index is 850. The third-order valence-electron chi connectivity index (χ3n) is 4.40. The molecule has 2 atom stereocenters. The first kappa shape index (κ1) is 24.0. The van der Waals surface area contributed by atoms with Gasteiger partial charge in [-0.25, -0.2) is 0 Å². The maximum absolute atomic E-state index is 11.6. The average molecular weight is 454 g/mol. The van der Waals surface area contributed by atoms with Crippen molar-refractivity contribution in [3.63, 3.8) is 0 Å². The summed E-state index contributed by atoms with van der Waals surface area (Å²) in [4.78, 5) is 23.1. The lowest BCUT2D eigenvalue weighted by Gasteiger charge is -2.22. The Labute approximate surface area is 185 Å². The van der Waals surface area contributed by atoms with E-state index in [1.54, 1.807) is 42.5 Å². The first-order valence-corrected chi connectivity index (χ1v) is 10.3. The van der Waals surface area contributed by atoms with Gasteiger partial charge in [0, 0.05) is 10.0 Å². The van der Waals surface area contributed by atoms with Crippen LogP contribution in [0.25, 0.3) is 0 Å². The molecule has 0 spiro atoms. The predicted molar refractivity (Wildman–Crippen MR) is 116 cm³/mol. The molecule has 8 heteroatoms. The number of carbonyl (C=O) groups is 2. The maximum atomic E-state index is 11.6. The zero-order valence-corrected chi connectivity index (χ0v) is 18.3. The molecule has 0 saturated carbocycles. The molecule has 0 bridgehead atoms. The Balaban J connectivity index is 1.99. The fourth-order valence-corrected chi connectivity index (χ4v) is 3.56. The van der Waals surface area contributed by atoms with E-state index in [-0.39, 0.29) is 18.9 Å². The van der Waals surface area contributed by atoms with Crippen LogP contribution in [0.4, 0.5) is 0 Å². The Hall–Kier alpha value is -2.28. The maximum Gasteiger partial charge on any atom is 0.321 e. The zero-order valence-electron chi connectivity index (χ0n) is 16.8. The van der Waals surface area contributed by atoms with Crippen molar-refractivity contribution < 1.29 is 24.5 Å². The molecular formula is C22H25Cl2NO5. The van der Waals surface area contributed by atoms with Gasteiger partial charge < -0.3 is 14.9 Å². The van der Waals surface area contributed by atoms with Crippen LogP contribution in [0, 0.1) is 5.92 Å². The highest BCUT2D eigenvalue weighted by Crippen LogP contribution is 2.21. The van der Waals surface area contributed by atoms with Crippen LogP contribution in [0.5, 0.6) is 5.75 Å². The summed E-state index contributed by atoms with van der Waals surface area (Å²) in [6.07, 6.45) is 0.501. The summed E-state index contributed by atoms with van der Waals surface area (Å²) < 4.78 is 5.72. The number of carboxylic acid groups (broad SMARTS) is 2. The Morgan fingerprint density at radius 3 is 2.00 bits per heavy atom. The number of hydrogen-bond donors (Lipinski definition) is 3. The summed E-state index contributed by atoms with van der Waals surface area (Å²) in [5.74, 6) is -1.42. The SMILES string of the molecule is CC(C)C[C@H](N[C@@H](Cc1ccc(OCc2cc(Cl)cc(Cl)c2)cc1)C(=O)O)C(=O)O. The highest BCUT2D eigenvalue weighted by molar-refractivity contribution is 6.34. The van der Waals surface area contributed by atoms with Crippen molar-refractivity contribution in [3.05, 3.63) is 63.6 Å². The Morgan fingerprint density at radius 2 is 1.50 bits per heavy atom. The van der Waals surface area contributed by atoms with Crippen LogP contribution in [0.15, 0.2) is 42.5 Å². The molecule has 2 rings (SSSR count). The Kier molecular flexibility index (Phi) is 8.96. The van der Waals surface area contributed by atoms with Gasteiger partial charge >= 0.3 is 11.9 Å². The average Bonchev–Trinajstić information content (AvgIpc) is 2.65. The van der Waals surface area contributed by atoms with Gasteiger partial charge in [-0.15, -0.1) is 0 Å². The second-order valence-electron chi connectivity index (χ2n) is 7.49. The minimum Gasteiger partial charge on any atom is -0.489 e. The summed E-state index contributed by atoms with van der Waals surface area (Å²) in [6.45, 7) is 4.07. The number of ether oxygens (including phenoxy) is 1. The number of aliphatic carboxylic acids is 2. The molecule has 0 fully saturated rings. The third-order valence-corrected chi connectivity index (χ3v) is 4.83. The summed E-state index contributed by atoms with van der Waals surface area (Å²) in [7, 11) is 0. The van der Waals surface area contributed by atoms with Crippen LogP contribution >= 0.6 is 23.2 Å². The lowest BCUT2D eigenvalue weighted by Crippen LogP contribution is -2.48. The van der Waals surface area contributed by atoms with E-state index in [0.29, 0.717) is 22.2 Å². The van der Waals surface area contributed by atoms with Crippen LogP contribution in [0.2, 0.25) is 10.0 Å². The molecule has 0 aliphatic rings. The van der Waals surface area contributed by atoms with Crippen LogP contribution in [0.3, 0.4) is 0 Å². The van der Waals surface area contributed by atoms with Crippen molar-refractivity contribution in [2.24, 2.45) is 5.92 Å². The molecule has 0 heterocycles. The van der Waals surface area contributed by atoms with E-state index in [4.69, 9.17) is 27.9 Å². The van der Waals surface area contributed by atoms with Crippen LogP contribution < -0.4 is 10.1 Å². The molecule has 0 saturated heterocycles. The molecule has 0 radical (unpaired) electrons. The van der Waals surface area contributed by atoms with Gasteiger partial charge in [-0.1, -0.05) is 49.2 Å². The monoisotopic (exact) mass is 453 g/mol. The van der Waals surface area contributed by atoms with E-state index in [1.807, 2.05) is 13.8 Å². The number of carboxylic acids is 2. The summed E-state index contributed by atoms with van der Waals surface area (Å²) >= 11 is 12.0. The summed E-state index contributed by atoms with van der Waals surface area (Å²) in [5, 5.41) is 22.7. The van der Waals surface area contributed by atoms with Gasteiger partial charge in [0.15, 0.2) is 0 Å². The molecule has 0 aliphatic carbocycles. The van der Waals surface area contributed by atoms with Crippen LogP contribution in [-0.2, 0) is 22.6 Å². The van der Waals surface area contributed by atoms with E-state index in [2.05, 4.69) is 5.32 Å². The quantitative estimate of drug-likeness (QED) is 0.457. The molecule has 0 aromatic heterocycles. The van der Waals surface area contributed by atoms with Crippen molar-refractivity contribution in [2.75, 3.05) is 0 Å². The van der Waals surface area contributed by atoms with Gasteiger partial charge in [0.05, 0.1) is 0 Å². The smallest absolute Gasteiger partial charge is 0.321 e. The second kappa shape index (κ2) is 11.2. The largest absolute Gasteiger partial charge is 0.489 e. The van der Waals surface area contributed by atoms with Crippen LogP contribution in [0.1, 0.15) is 31.4 Å². The number of nitrogens with one attached hydrogen (secondary N) is 1. The van der Waals surface area contributed by atoms with Crippen molar-refractivity contribution in [3.8, 4) is 5.75 Å². The third kappa shape index (κ3) is 7.86. The van der Waals surface area contributed by atoms with Gasteiger partial charge in [0.2, 0.25) is 0 Å². The number of halogens is 2. The standard InChI is InChI=1S/C22H25Cl2NO5/c1-13(2)7-19(21(26)27)25-20(22(28)29)10-14-3-5-18(6-4-14)30-12-15-8-16(23)11-17(24)9-15/h3-6,8-9,11,13,19-20,25H,7,10,12H2,1-2H3,(H,26,27)(H,28,29)/t19-,20-/m0/s1. The zero-order chi connectivity index (χ0) is 22.3. The van der Waals surface area contributed by atoms with Crippen molar-refractivity contribution >= 4 is 35.1 Å². The first-order valence-electron chi connectivity index (χ1n) is 9.52. The van der Waals surface area contributed by atoms with Crippen molar-refractivity contribution in [1.29, 1.82) is 0 Å². The predicted octanol–water partition coefficient (Wildman–Crippen LogP) is 4.66. The van der Waals surface area contributed by atoms with E-state index in [9.17, 15) is 19.8 Å². The van der Waals surface area contributed by atoms with E-state index in [1.165, 1.54) is 0 Å². The highest BCUT2D eigenvalue weighted by Gasteiger charge is 2.26. The van der Waals surface area contributed by atoms with E-state index >= 15 is 0 Å². The molecule has 30 heavy (non-hydrogen) atoms. The molecule has 2 aromatic rings. The van der Waals surface area contributed by atoms with Gasteiger partial charge in [-0.2, -0.15) is 0 Å². The fourth-order valence-electron chi connectivity index (χ4n) is 2.99. The minimum atomic E-state index is -1.09. The molecule has 0 amide bonds. The van der Waals surface area contributed by atoms with Gasteiger partial charge in [-0.3, -0.25) is 14.9 Å². The first-order chi connectivity index (χ1) is 14.1. The number of rotatable bonds is 11. The summed E-state index contributed by atoms with van der Waals surface area (Å²) in [6, 6.07) is 10.2. The van der Waals surface area contributed by atoms with E-state index in [0.717, 1.165) is 11.1 Å². The molecule has 2 aromatic carbocycles. The lowest BCUT2D eigenvalue weighted by molar-refractivity contribution is -0.142. The van der Waals surface area contributed by atoms with Gasteiger partial charge in [0.1, 0.15) is 24.4 Å². The molecule has 0 aliphatic heterocycles. The van der Waals surface area contributed by atoms with Crippen molar-refractivity contribution in [2.45, 2.75) is 45.4 Å². The highest BCUT2D eigenvalue weighted by atomic mass is 35.5. The molecular weight excluding hydrogens is 429 g/mol. The van der Waals surface area contributed by atoms with Gasteiger partial charge in [-0.05, 0) is 60.2 Å². The topological polar surface area (TPSA) is 95.9 Å². The normalized spacial score (nSPS) is 13.1. The lowest BCUT2D eigenvalue weighted by atomic mass is 10.0. The fraction of sp³-hybridized carbons (Fsp3) is 0.364. The number of benzene rings is 2. The van der Waals surface area contributed by atoms with Crippen molar-refractivity contribution in [1.82, 2.24) is 5.32 Å².